The molecule has 0 aliphatic carbocycles. The van der Waals surface area contributed by atoms with Gasteiger partial charge in [0.25, 0.3) is 0 Å². The summed E-state index contributed by atoms with van der Waals surface area (Å²) in [5.74, 6) is 0.00495. The standard InChI is InChI=1S/C7H10N3O/c1-10-6-3-7(11)5(9)2-4(6)8/h2-3,8,10-11H,9H2,1H3. The van der Waals surface area contributed by atoms with Crippen LogP contribution in [-0.2, 0) is 0 Å². The number of phenols is 1. The molecular weight excluding hydrogens is 142 g/mol. The van der Waals surface area contributed by atoms with Crippen LogP contribution in [0.2, 0.25) is 0 Å². The van der Waals surface area contributed by atoms with Gasteiger partial charge >= 0.3 is 0 Å². The van der Waals surface area contributed by atoms with Gasteiger partial charge in [0.15, 0.2) is 0 Å². The van der Waals surface area contributed by atoms with E-state index in [-0.39, 0.29) is 17.1 Å². The van der Waals surface area contributed by atoms with E-state index >= 15 is 0 Å². The number of nitrogens with two attached hydrogens (primary N) is 1. The molecule has 4 heteroatoms. The average Bonchev–Trinajstić information content (AvgIpc) is 1.97. The zero-order valence-corrected chi connectivity index (χ0v) is 6.18. The van der Waals surface area contributed by atoms with Gasteiger partial charge in [-0.25, -0.2) is 0 Å². The molecule has 1 aromatic carbocycles. The van der Waals surface area contributed by atoms with Gasteiger partial charge in [-0.15, -0.1) is 0 Å². The van der Waals surface area contributed by atoms with E-state index in [1.54, 1.807) is 7.05 Å². The lowest BCUT2D eigenvalue weighted by Crippen LogP contribution is -1.92. The summed E-state index contributed by atoms with van der Waals surface area (Å²) in [5.41, 5.74) is 13.8. The molecule has 11 heavy (non-hydrogen) atoms. The molecule has 0 aliphatic heterocycles. The van der Waals surface area contributed by atoms with E-state index in [4.69, 9.17) is 16.6 Å². The van der Waals surface area contributed by atoms with E-state index < -0.39 is 0 Å². The third kappa shape index (κ3) is 1.29. The lowest BCUT2D eigenvalue weighted by Gasteiger charge is -2.05. The maximum Gasteiger partial charge on any atom is 0.140 e. The fourth-order valence-corrected chi connectivity index (χ4v) is 0.812. The first-order valence-electron chi connectivity index (χ1n) is 3.17. The van der Waals surface area contributed by atoms with Crippen LogP contribution < -0.4 is 16.8 Å². The first-order chi connectivity index (χ1) is 5.15. The molecule has 0 fully saturated rings. The summed E-state index contributed by atoms with van der Waals surface area (Å²) in [4.78, 5) is 0. The highest BCUT2D eigenvalue weighted by Crippen LogP contribution is 2.30. The first kappa shape index (κ1) is 7.53. The zero-order valence-electron chi connectivity index (χ0n) is 6.18. The molecular formula is C7H10N3O. The summed E-state index contributed by atoms with van der Waals surface area (Å²) in [5, 5.41) is 11.9. The van der Waals surface area contributed by atoms with Crippen molar-refractivity contribution >= 4 is 17.1 Å². The molecule has 0 bridgehead atoms. The Balaban J connectivity index is 3.21. The summed E-state index contributed by atoms with van der Waals surface area (Å²) < 4.78 is 0. The van der Waals surface area contributed by atoms with Crippen molar-refractivity contribution in [2.45, 2.75) is 0 Å². The molecule has 1 rings (SSSR count). The topological polar surface area (TPSA) is 82.1 Å². The van der Waals surface area contributed by atoms with Crippen LogP contribution in [0.15, 0.2) is 12.1 Å². The minimum atomic E-state index is 0.00495. The molecule has 0 heterocycles. The van der Waals surface area contributed by atoms with Gasteiger partial charge in [0.2, 0.25) is 0 Å². The minimum absolute atomic E-state index is 0.00495. The van der Waals surface area contributed by atoms with Crippen LogP contribution in [0.25, 0.3) is 0 Å². The number of benzene rings is 1. The number of nitrogens with one attached hydrogen (secondary N) is 2. The van der Waals surface area contributed by atoms with Gasteiger partial charge in [-0.1, -0.05) is 0 Å². The third-order valence-electron chi connectivity index (χ3n) is 1.44. The second-order valence-electron chi connectivity index (χ2n) is 2.21. The van der Waals surface area contributed by atoms with Gasteiger partial charge in [-0.2, -0.15) is 0 Å². The van der Waals surface area contributed by atoms with Gasteiger partial charge in [-0.3, -0.25) is 5.73 Å². The predicted molar refractivity (Wildman–Crippen MR) is 44.8 cm³/mol. The SMILES string of the molecule is CNc1cc(O)c(N)cc1[NH]. The normalized spacial score (nSPS) is 9.55. The molecule has 0 aliphatic rings. The van der Waals surface area contributed by atoms with Gasteiger partial charge in [-0.05, 0) is 6.07 Å². The first-order valence-corrected chi connectivity index (χ1v) is 3.17. The average molecular weight is 152 g/mol. The smallest absolute Gasteiger partial charge is 0.140 e. The van der Waals surface area contributed by atoms with Crippen molar-refractivity contribution in [3.8, 4) is 5.75 Å². The van der Waals surface area contributed by atoms with E-state index in [0.717, 1.165) is 0 Å². The van der Waals surface area contributed by atoms with Crippen molar-refractivity contribution in [1.29, 1.82) is 0 Å². The monoisotopic (exact) mass is 152 g/mol. The van der Waals surface area contributed by atoms with Crippen LogP contribution in [0.3, 0.4) is 0 Å². The quantitative estimate of drug-likeness (QED) is 0.318. The van der Waals surface area contributed by atoms with Crippen molar-refractivity contribution in [3.63, 3.8) is 0 Å². The van der Waals surface area contributed by atoms with Gasteiger partial charge in [0.1, 0.15) is 5.75 Å². The van der Waals surface area contributed by atoms with E-state index in [9.17, 15) is 0 Å². The number of phenolic OH excluding ortho intramolecular Hbond substituents is 1. The summed E-state index contributed by atoms with van der Waals surface area (Å²) in [6.45, 7) is 0. The third-order valence-corrected chi connectivity index (χ3v) is 1.44. The summed E-state index contributed by atoms with van der Waals surface area (Å²) >= 11 is 0. The van der Waals surface area contributed by atoms with E-state index in [1.165, 1.54) is 12.1 Å². The fourth-order valence-electron chi connectivity index (χ4n) is 0.812. The number of hydrogen-bond donors (Lipinski definition) is 3. The minimum Gasteiger partial charge on any atom is -0.506 e. The number of hydrogen-bond acceptors (Lipinski definition) is 3. The molecule has 5 N–H and O–H groups in total. The molecule has 59 valence electrons. The maximum absolute atomic E-state index is 9.11. The largest absolute Gasteiger partial charge is 0.506 e. The molecule has 0 amide bonds. The van der Waals surface area contributed by atoms with Gasteiger partial charge < -0.3 is 16.2 Å². The van der Waals surface area contributed by atoms with Crippen LogP contribution >= 0.6 is 0 Å². The Kier molecular flexibility index (Phi) is 1.76. The predicted octanol–water partition coefficient (Wildman–Crippen LogP) is 0.930. The van der Waals surface area contributed by atoms with Crippen LogP contribution in [-0.4, -0.2) is 12.2 Å². The summed E-state index contributed by atoms with van der Waals surface area (Å²) in [6, 6.07) is 2.83. The molecule has 0 spiro atoms. The van der Waals surface area contributed by atoms with Crippen molar-refractivity contribution < 1.29 is 5.11 Å². The van der Waals surface area contributed by atoms with Crippen molar-refractivity contribution in [2.75, 3.05) is 18.1 Å². The van der Waals surface area contributed by atoms with E-state index in [0.29, 0.717) is 5.69 Å². The highest BCUT2D eigenvalue weighted by molar-refractivity contribution is 5.73. The Bertz CT molecular complexity index is 273. The van der Waals surface area contributed by atoms with E-state index in [1.807, 2.05) is 0 Å². The van der Waals surface area contributed by atoms with Crippen molar-refractivity contribution in [3.05, 3.63) is 12.1 Å². The Hall–Kier alpha value is -1.58. The van der Waals surface area contributed by atoms with Crippen LogP contribution in [0.1, 0.15) is 0 Å². The Morgan fingerprint density at radius 2 is 2.18 bits per heavy atom. The van der Waals surface area contributed by atoms with Crippen LogP contribution in [0.5, 0.6) is 5.75 Å². The lowest BCUT2D eigenvalue weighted by atomic mass is 10.2. The molecule has 0 saturated heterocycles. The molecule has 0 atom stereocenters. The van der Waals surface area contributed by atoms with Crippen molar-refractivity contribution in [2.24, 2.45) is 0 Å². The maximum atomic E-state index is 9.11. The molecule has 0 aromatic heterocycles. The number of nitrogen functional groups attached to an aromatic ring is 1. The van der Waals surface area contributed by atoms with Gasteiger partial charge in [0.05, 0.1) is 17.1 Å². The second kappa shape index (κ2) is 2.57. The lowest BCUT2D eigenvalue weighted by molar-refractivity contribution is 0.478. The highest BCUT2D eigenvalue weighted by Gasteiger charge is 2.02. The highest BCUT2D eigenvalue weighted by atomic mass is 16.3. The van der Waals surface area contributed by atoms with Gasteiger partial charge in [0, 0.05) is 13.1 Å². The number of anilines is 2. The van der Waals surface area contributed by atoms with Crippen LogP contribution in [0, 0.1) is 0 Å². The molecule has 0 unspecified atom stereocenters. The number of rotatable bonds is 1. The van der Waals surface area contributed by atoms with Crippen LogP contribution in [0.4, 0.5) is 17.1 Å². The Morgan fingerprint density at radius 3 is 2.73 bits per heavy atom. The molecule has 4 nitrogen and oxygen atoms in total. The fraction of sp³-hybridized carbons (Fsp3) is 0.143. The van der Waals surface area contributed by atoms with Crippen molar-refractivity contribution in [1.82, 2.24) is 5.73 Å². The number of aromatic hydroxyl groups is 1. The molecule has 0 saturated carbocycles. The summed E-state index contributed by atoms with van der Waals surface area (Å²) in [6.07, 6.45) is 0. The van der Waals surface area contributed by atoms with E-state index in [2.05, 4.69) is 5.32 Å². The second-order valence-corrected chi connectivity index (χ2v) is 2.21. The Labute approximate surface area is 64.8 Å². The summed E-state index contributed by atoms with van der Waals surface area (Å²) in [7, 11) is 1.68. The Morgan fingerprint density at radius 1 is 1.55 bits per heavy atom. The zero-order chi connectivity index (χ0) is 8.43. The molecule has 1 radical (unpaired) electrons. The molecule has 1 aromatic rings.